The molecule has 2 aromatic carbocycles. The first-order valence-electron chi connectivity index (χ1n) is 11.1. The predicted molar refractivity (Wildman–Crippen MR) is 118 cm³/mol. The van der Waals surface area contributed by atoms with Gasteiger partial charge in [0.15, 0.2) is 0 Å². The van der Waals surface area contributed by atoms with Gasteiger partial charge in [-0.1, -0.05) is 48.5 Å². The Bertz CT molecular complexity index is 793. The molecule has 2 atom stereocenters. The lowest BCUT2D eigenvalue weighted by Crippen LogP contribution is -2.45. The van der Waals surface area contributed by atoms with Crippen LogP contribution in [0.2, 0.25) is 0 Å². The van der Waals surface area contributed by atoms with Crippen LogP contribution in [0, 0.1) is 0 Å². The molecule has 29 heavy (non-hydrogen) atoms. The van der Waals surface area contributed by atoms with Crippen molar-refractivity contribution < 1.29 is 4.79 Å². The Kier molecular flexibility index (Phi) is 6.63. The fourth-order valence-electron chi connectivity index (χ4n) is 5.37. The van der Waals surface area contributed by atoms with Crippen LogP contribution in [-0.4, -0.2) is 42.5 Å². The number of amides is 1. The van der Waals surface area contributed by atoms with Crippen molar-refractivity contribution in [2.45, 2.75) is 56.5 Å². The van der Waals surface area contributed by atoms with E-state index in [1.165, 1.54) is 24.8 Å². The van der Waals surface area contributed by atoms with Crippen LogP contribution in [0.15, 0.2) is 54.6 Å². The van der Waals surface area contributed by atoms with Crippen molar-refractivity contribution in [3.05, 3.63) is 71.3 Å². The van der Waals surface area contributed by atoms with Gasteiger partial charge in [0.25, 0.3) is 0 Å². The summed E-state index contributed by atoms with van der Waals surface area (Å²) in [7, 11) is 0. The molecule has 2 bridgehead atoms. The minimum atomic E-state index is -0.296. The van der Waals surface area contributed by atoms with Gasteiger partial charge in [-0.15, -0.1) is 0 Å². The highest BCUT2D eigenvalue weighted by Crippen LogP contribution is 2.43. The van der Waals surface area contributed by atoms with Crippen LogP contribution in [0.5, 0.6) is 0 Å². The largest absolute Gasteiger partial charge is 0.366 e. The van der Waals surface area contributed by atoms with Crippen molar-refractivity contribution in [3.63, 3.8) is 0 Å². The fourth-order valence-corrected chi connectivity index (χ4v) is 5.37. The van der Waals surface area contributed by atoms with Crippen molar-refractivity contribution in [1.82, 2.24) is 10.2 Å². The molecule has 0 saturated carbocycles. The topological polar surface area (TPSA) is 58.4 Å². The Balaban J connectivity index is 1.23. The number of fused-ring (bicyclic) bond motifs is 2. The van der Waals surface area contributed by atoms with Crippen molar-refractivity contribution in [1.29, 1.82) is 0 Å². The number of nitrogens with one attached hydrogen (secondary N) is 1. The second-order valence-electron chi connectivity index (χ2n) is 8.58. The molecular weight excluding hydrogens is 358 g/mol. The lowest BCUT2D eigenvalue weighted by atomic mass is 9.82. The number of rotatable bonds is 9. The third-order valence-corrected chi connectivity index (χ3v) is 6.76. The maximum absolute atomic E-state index is 11.8. The molecule has 2 saturated heterocycles. The fraction of sp³-hybridized carbons (Fsp3) is 0.480. The van der Waals surface area contributed by atoms with E-state index in [0.717, 1.165) is 44.5 Å². The van der Waals surface area contributed by atoms with Crippen molar-refractivity contribution in [3.8, 4) is 0 Å². The minimum Gasteiger partial charge on any atom is -0.366 e. The van der Waals surface area contributed by atoms with E-state index >= 15 is 0 Å². The number of aryl methyl sites for hydroxylation is 1. The van der Waals surface area contributed by atoms with Crippen molar-refractivity contribution in [2.75, 3.05) is 19.6 Å². The molecule has 4 nitrogen and oxygen atoms in total. The second-order valence-corrected chi connectivity index (χ2v) is 8.58. The van der Waals surface area contributed by atoms with E-state index in [1.807, 2.05) is 18.2 Å². The lowest BCUT2D eigenvalue weighted by molar-refractivity contribution is 0.0994. The molecule has 4 rings (SSSR count). The molecule has 2 unspecified atom stereocenters. The zero-order valence-electron chi connectivity index (χ0n) is 17.2. The summed E-state index contributed by atoms with van der Waals surface area (Å²) < 4.78 is 0. The Labute approximate surface area is 174 Å². The number of carbonyl (C=O) groups excluding carboxylic acids is 1. The monoisotopic (exact) mass is 391 g/mol. The van der Waals surface area contributed by atoms with Gasteiger partial charge < -0.3 is 11.1 Å². The van der Waals surface area contributed by atoms with Gasteiger partial charge in [0.05, 0.1) is 0 Å². The van der Waals surface area contributed by atoms with Gasteiger partial charge in [-0.25, -0.2) is 0 Å². The Morgan fingerprint density at radius 1 is 0.966 bits per heavy atom. The SMILES string of the molecule is NC(=O)c1ccccc1C1CC2CCC(C1)N2CCNCCCc1ccccc1. The van der Waals surface area contributed by atoms with E-state index in [4.69, 9.17) is 5.73 Å². The molecule has 0 aromatic heterocycles. The van der Waals surface area contributed by atoms with Gasteiger partial charge in [-0.3, -0.25) is 9.69 Å². The Morgan fingerprint density at radius 2 is 1.66 bits per heavy atom. The van der Waals surface area contributed by atoms with Crippen LogP contribution >= 0.6 is 0 Å². The van der Waals surface area contributed by atoms with Gasteiger partial charge in [-0.05, 0) is 68.2 Å². The van der Waals surface area contributed by atoms with Gasteiger partial charge in [0.1, 0.15) is 0 Å². The number of hydrogen-bond acceptors (Lipinski definition) is 3. The molecule has 2 aromatic rings. The average Bonchev–Trinajstić information content (AvgIpc) is 2.98. The van der Waals surface area contributed by atoms with Crippen molar-refractivity contribution >= 4 is 5.91 Å². The molecule has 1 amide bonds. The maximum atomic E-state index is 11.8. The molecule has 2 fully saturated rings. The highest BCUT2D eigenvalue weighted by atomic mass is 16.1. The summed E-state index contributed by atoms with van der Waals surface area (Å²) in [4.78, 5) is 14.5. The van der Waals surface area contributed by atoms with Crippen LogP contribution in [0.4, 0.5) is 0 Å². The van der Waals surface area contributed by atoms with E-state index in [0.29, 0.717) is 23.6 Å². The van der Waals surface area contributed by atoms with Crippen LogP contribution in [0.3, 0.4) is 0 Å². The summed E-state index contributed by atoms with van der Waals surface area (Å²) in [6.07, 6.45) is 7.19. The molecule has 2 aliphatic rings. The normalized spacial score (nSPS) is 23.9. The first kappa shape index (κ1) is 20.1. The summed E-state index contributed by atoms with van der Waals surface area (Å²) in [5.74, 6) is 0.168. The second kappa shape index (κ2) is 9.55. The molecular formula is C25H33N3O. The Hall–Kier alpha value is -2.17. The number of nitrogens with zero attached hydrogens (tertiary/aromatic N) is 1. The number of benzene rings is 2. The van der Waals surface area contributed by atoms with E-state index in [2.05, 4.69) is 46.6 Å². The summed E-state index contributed by atoms with van der Waals surface area (Å²) in [5, 5.41) is 3.64. The van der Waals surface area contributed by atoms with Gasteiger partial charge in [-0.2, -0.15) is 0 Å². The van der Waals surface area contributed by atoms with Gasteiger partial charge in [0.2, 0.25) is 5.91 Å². The molecule has 0 aliphatic carbocycles. The number of carbonyl (C=O) groups is 1. The smallest absolute Gasteiger partial charge is 0.248 e. The molecule has 154 valence electrons. The number of nitrogens with two attached hydrogens (primary N) is 1. The molecule has 0 radical (unpaired) electrons. The third kappa shape index (κ3) is 4.88. The minimum absolute atomic E-state index is 0.296. The first-order valence-corrected chi connectivity index (χ1v) is 11.1. The van der Waals surface area contributed by atoms with Crippen LogP contribution in [0.1, 0.15) is 59.5 Å². The van der Waals surface area contributed by atoms with Crippen LogP contribution in [0.25, 0.3) is 0 Å². The molecule has 2 aliphatic heterocycles. The molecule has 0 spiro atoms. The molecule has 4 heteroatoms. The van der Waals surface area contributed by atoms with E-state index < -0.39 is 0 Å². The summed E-state index contributed by atoms with van der Waals surface area (Å²) >= 11 is 0. The standard InChI is InChI=1S/C25H33N3O/c26-25(29)24-11-5-4-10-23(24)20-17-21-12-13-22(18-20)28(21)16-15-27-14-6-9-19-7-2-1-3-8-19/h1-5,7-8,10-11,20-22,27H,6,9,12-18H2,(H2,26,29). The van der Waals surface area contributed by atoms with Crippen LogP contribution in [-0.2, 0) is 6.42 Å². The van der Waals surface area contributed by atoms with Gasteiger partial charge in [0, 0.05) is 30.7 Å². The lowest BCUT2D eigenvalue weighted by Gasteiger charge is -2.39. The summed E-state index contributed by atoms with van der Waals surface area (Å²) in [6, 6.07) is 19.9. The van der Waals surface area contributed by atoms with Crippen molar-refractivity contribution in [2.24, 2.45) is 5.73 Å². The molecule has 3 N–H and O–H groups in total. The molecule has 2 heterocycles. The maximum Gasteiger partial charge on any atom is 0.248 e. The zero-order chi connectivity index (χ0) is 20.1. The zero-order valence-corrected chi connectivity index (χ0v) is 17.2. The van der Waals surface area contributed by atoms with Crippen LogP contribution < -0.4 is 11.1 Å². The number of piperidine rings is 1. The third-order valence-electron chi connectivity index (χ3n) is 6.76. The quantitative estimate of drug-likeness (QED) is 0.641. The summed E-state index contributed by atoms with van der Waals surface area (Å²) in [5.41, 5.74) is 8.92. The number of primary amides is 1. The van der Waals surface area contributed by atoms with E-state index in [-0.39, 0.29) is 5.91 Å². The highest BCUT2D eigenvalue weighted by Gasteiger charge is 2.41. The Morgan fingerprint density at radius 3 is 2.38 bits per heavy atom. The van der Waals surface area contributed by atoms with E-state index in [9.17, 15) is 4.79 Å². The predicted octanol–water partition coefficient (Wildman–Crippen LogP) is 3.72. The first-order chi connectivity index (χ1) is 14.2. The number of hydrogen-bond donors (Lipinski definition) is 2. The summed E-state index contributed by atoms with van der Waals surface area (Å²) in [6.45, 7) is 3.27. The average molecular weight is 392 g/mol. The highest BCUT2D eigenvalue weighted by molar-refractivity contribution is 5.94. The van der Waals surface area contributed by atoms with E-state index in [1.54, 1.807) is 0 Å². The van der Waals surface area contributed by atoms with Gasteiger partial charge >= 0.3 is 0 Å².